The third-order valence-corrected chi connectivity index (χ3v) is 1.34. The Morgan fingerprint density at radius 1 is 1.50 bits per heavy atom. The lowest BCUT2D eigenvalue weighted by atomic mass is 10.1. The van der Waals surface area contributed by atoms with Gasteiger partial charge in [-0.1, -0.05) is 29.8 Å². The second-order valence-electron chi connectivity index (χ2n) is 2.31. The third-order valence-electron chi connectivity index (χ3n) is 1.34. The Kier molecular flexibility index (Phi) is 2.15. The predicted octanol–water partition coefficient (Wildman–Crippen LogP) is 2.53. The molecule has 0 aliphatic heterocycles. The second kappa shape index (κ2) is 3.11. The van der Waals surface area contributed by atoms with E-state index in [-0.39, 0.29) is 0 Å². The molecule has 52 valence electrons. The smallest absolute Gasteiger partial charge is 0.0846 e. The summed E-state index contributed by atoms with van der Waals surface area (Å²) in [4.78, 5) is 0. The zero-order chi connectivity index (χ0) is 7.40. The Balaban J connectivity index is 2.84. The molecule has 0 aliphatic rings. The van der Waals surface area contributed by atoms with Crippen LogP contribution in [0, 0.1) is 12.5 Å². The fourth-order valence-corrected chi connectivity index (χ4v) is 0.902. The van der Waals surface area contributed by atoms with Crippen LogP contribution in [0.25, 0.3) is 0 Å². The highest BCUT2D eigenvalue weighted by Crippen LogP contribution is 2.04. The fourth-order valence-electron chi connectivity index (χ4n) is 0.902. The van der Waals surface area contributed by atoms with E-state index in [0.29, 0.717) is 6.54 Å². The molecule has 0 saturated carbocycles. The van der Waals surface area contributed by atoms with Gasteiger partial charge in [0.1, 0.15) is 0 Å². The van der Waals surface area contributed by atoms with E-state index in [2.05, 4.69) is 5.11 Å². The summed E-state index contributed by atoms with van der Waals surface area (Å²) in [6.45, 7) is 2.54. The number of nitrogens with zero attached hydrogens (tertiary/aromatic N) is 1. The number of rotatable bonds is 2. The normalized spacial score (nSPS) is 9.30. The molecule has 0 amide bonds. The average molecular weight is 134 g/mol. The summed E-state index contributed by atoms with van der Waals surface area (Å²) < 4.78 is 0. The number of hydrogen-bond acceptors (Lipinski definition) is 2. The van der Waals surface area contributed by atoms with Crippen LogP contribution in [-0.2, 0) is 6.54 Å². The molecule has 2 heteroatoms. The first-order valence-electron chi connectivity index (χ1n) is 3.21. The molecule has 0 spiro atoms. The number of benzene rings is 1. The molecular weight excluding hydrogens is 124 g/mol. The Morgan fingerprint density at radius 3 is 2.90 bits per heavy atom. The summed E-state index contributed by atoms with van der Waals surface area (Å²) in [5, 5.41) is 3.30. The van der Waals surface area contributed by atoms with Crippen molar-refractivity contribution in [1.82, 2.24) is 0 Å². The minimum Gasteiger partial charge on any atom is -0.210 e. The van der Waals surface area contributed by atoms with E-state index < -0.39 is 0 Å². The van der Waals surface area contributed by atoms with Gasteiger partial charge in [0.25, 0.3) is 0 Å². The SMILES string of the molecule is Cc1cccc(CN=N)c1. The first-order valence-corrected chi connectivity index (χ1v) is 3.21. The van der Waals surface area contributed by atoms with Crippen LogP contribution in [0.4, 0.5) is 0 Å². The lowest BCUT2D eigenvalue weighted by Gasteiger charge is -1.95. The molecular formula is C8H10N2. The summed E-state index contributed by atoms with van der Waals surface area (Å²) in [7, 11) is 0. The molecule has 0 heterocycles. The number of aryl methyl sites for hydroxylation is 1. The van der Waals surface area contributed by atoms with Crippen molar-refractivity contribution in [3.63, 3.8) is 0 Å². The minimum absolute atomic E-state index is 0.502. The van der Waals surface area contributed by atoms with Crippen LogP contribution < -0.4 is 0 Å². The predicted molar refractivity (Wildman–Crippen MR) is 40.0 cm³/mol. The molecule has 1 N–H and O–H groups in total. The molecule has 1 aromatic rings. The molecule has 0 unspecified atom stereocenters. The van der Waals surface area contributed by atoms with Gasteiger partial charge < -0.3 is 0 Å². The molecule has 0 radical (unpaired) electrons. The molecule has 2 nitrogen and oxygen atoms in total. The van der Waals surface area contributed by atoms with E-state index in [1.54, 1.807) is 0 Å². The molecule has 10 heavy (non-hydrogen) atoms. The first-order chi connectivity index (χ1) is 4.83. The second-order valence-corrected chi connectivity index (χ2v) is 2.31. The molecule has 0 atom stereocenters. The molecule has 0 saturated heterocycles. The van der Waals surface area contributed by atoms with Crippen molar-refractivity contribution in [1.29, 1.82) is 5.53 Å². The quantitative estimate of drug-likeness (QED) is 0.603. The summed E-state index contributed by atoms with van der Waals surface area (Å²) in [5.74, 6) is 0. The van der Waals surface area contributed by atoms with Crippen LogP contribution in [-0.4, -0.2) is 0 Å². The lowest BCUT2D eigenvalue weighted by Crippen LogP contribution is -1.80. The van der Waals surface area contributed by atoms with Crippen LogP contribution >= 0.6 is 0 Å². The van der Waals surface area contributed by atoms with Gasteiger partial charge in [0.05, 0.1) is 6.54 Å². The Bertz CT molecular complexity index is 230. The average Bonchev–Trinajstić information content (AvgIpc) is 1.88. The van der Waals surface area contributed by atoms with Crippen molar-refractivity contribution < 1.29 is 0 Å². The fraction of sp³-hybridized carbons (Fsp3) is 0.250. The number of nitrogens with one attached hydrogen (secondary N) is 1. The zero-order valence-corrected chi connectivity index (χ0v) is 5.96. The van der Waals surface area contributed by atoms with Crippen molar-refractivity contribution in [2.75, 3.05) is 0 Å². The van der Waals surface area contributed by atoms with E-state index in [4.69, 9.17) is 5.53 Å². The van der Waals surface area contributed by atoms with Crippen molar-refractivity contribution in [3.8, 4) is 0 Å². The third kappa shape index (κ3) is 1.65. The Morgan fingerprint density at radius 2 is 2.30 bits per heavy atom. The van der Waals surface area contributed by atoms with Gasteiger partial charge in [-0.25, -0.2) is 5.53 Å². The maximum absolute atomic E-state index is 6.64. The van der Waals surface area contributed by atoms with Gasteiger partial charge in [-0.2, -0.15) is 5.11 Å². The summed E-state index contributed by atoms with van der Waals surface area (Å²) in [6.07, 6.45) is 0. The van der Waals surface area contributed by atoms with E-state index in [0.717, 1.165) is 5.56 Å². The summed E-state index contributed by atoms with van der Waals surface area (Å²) in [6, 6.07) is 8.03. The van der Waals surface area contributed by atoms with E-state index >= 15 is 0 Å². The van der Waals surface area contributed by atoms with Crippen LogP contribution in [0.1, 0.15) is 11.1 Å². The van der Waals surface area contributed by atoms with Gasteiger partial charge in [0.15, 0.2) is 0 Å². The van der Waals surface area contributed by atoms with Crippen molar-refractivity contribution in [2.45, 2.75) is 13.5 Å². The first kappa shape index (κ1) is 6.93. The van der Waals surface area contributed by atoms with Gasteiger partial charge >= 0.3 is 0 Å². The molecule has 0 bridgehead atoms. The van der Waals surface area contributed by atoms with Crippen molar-refractivity contribution >= 4 is 0 Å². The van der Waals surface area contributed by atoms with E-state index in [1.165, 1.54) is 5.56 Å². The van der Waals surface area contributed by atoms with Gasteiger partial charge in [0, 0.05) is 0 Å². The monoisotopic (exact) mass is 134 g/mol. The standard InChI is InChI=1S/C8H10N2/c1-7-3-2-4-8(5-7)6-10-9/h2-5,9H,6H2,1H3. The van der Waals surface area contributed by atoms with Crippen LogP contribution in [0.3, 0.4) is 0 Å². The Hall–Kier alpha value is -1.18. The highest BCUT2D eigenvalue weighted by atomic mass is 14.9. The largest absolute Gasteiger partial charge is 0.210 e. The minimum atomic E-state index is 0.502. The van der Waals surface area contributed by atoms with Crippen LogP contribution in [0.15, 0.2) is 29.4 Å². The van der Waals surface area contributed by atoms with Crippen LogP contribution in [0.2, 0.25) is 0 Å². The van der Waals surface area contributed by atoms with Gasteiger partial charge in [-0.05, 0) is 12.5 Å². The maximum Gasteiger partial charge on any atom is 0.0846 e. The van der Waals surface area contributed by atoms with Crippen molar-refractivity contribution in [2.24, 2.45) is 5.11 Å². The molecule has 0 aromatic heterocycles. The summed E-state index contributed by atoms with van der Waals surface area (Å²) in [5.41, 5.74) is 8.97. The highest BCUT2D eigenvalue weighted by Gasteiger charge is 1.88. The van der Waals surface area contributed by atoms with E-state index in [9.17, 15) is 0 Å². The maximum atomic E-state index is 6.64. The molecule has 0 aliphatic carbocycles. The number of hydrogen-bond donors (Lipinski definition) is 1. The van der Waals surface area contributed by atoms with Crippen molar-refractivity contribution in [3.05, 3.63) is 35.4 Å². The summed E-state index contributed by atoms with van der Waals surface area (Å²) >= 11 is 0. The van der Waals surface area contributed by atoms with Crippen LogP contribution in [0.5, 0.6) is 0 Å². The highest BCUT2D eigenvalue weighted by molar-refractivity contribution is 5.21. The van der Waals surface area contributed by atoms with Gasteiger partial charge in [-0.15, -0.1) is 0 Å². The molecule has 0 fully saturated rings. The molecule has 1 rings (SSSR count). The lowest BCUT2D eigenvalue weighted by molar-refractivity contribution is 0.906. The topological polar surface area (TPSA) is 36.2 Å². The van der Waals surface area contributed by atoms with Gasteiger partial charge in [0.2, 0.25) is 0 Å². The van der Waals surface area contributed by atoms with E-state index in [1.807, 2.05) is 31.2 Å². The Labute approximate surface area is 60.4 Å². The zero-order valence-electron chi connectivity index (χ0n) is 5.96. The van der Waals surface area contributed by atoms with Gasteiger partial charge in [-0.3, -0.25) is 0 Å². The molecule has 1 aromatic carbocycles.